The molecular weight excluding hydrogens is 616 g/mol. The average molecular weight is 645 g/mol. The van der Waals surface area contributed by atoms with Crippen LogP contribution in [0.5, 0.6) is 11.5 Å². The van der Waals surface area contributed by atoms with Crippen LogP contribution in [-0.2, 0) is 27.2 Å². The third kappa shape index (κ3) is 11.3. The van der Waals surface area contributed by atoms with Crippen molar-refractivity contribution in [1.29, 1.82) is 0 Å². The third-order valence-corrected chi connectivity index (χ3v) is 7.19. The molecule has 0 aliphatic heterocycles. The molecule has 5 N–H and O–H groups in total. The van der Waals surface area contributed by atoms with Gasteiger partial charge >= 0.3 is 26.0 Å². The number of alkyl halides is 3. The van der Waals surface area contributed by atoms with Crippen LogP contribution in [0.2, 0.25) is 0 Å². The lowest BCUT2D eigenvalue weighted by atomic mass is 10.2. The zero-order valence-electron chi connectivity index (χ0n) is 23.4. The van der Waals surface area contributed by atoms with Crippen LogP contribution in [0, 0.1) is 0 Å². The maximum absolute atomic E-state index is 14.4. The molecule has 4 rings (SSSR count). The molecule has 0 aliphatic carbocycles. The molecule has 0 bridgehead atoms. The van der Waals surface area contributed by atoms with Crippen LogP contribution in [0.1, 0.15) is 11.1 Å². The Morgan fingerprint density at radius 1 is 0.756 bits per heavy atom. The number of carbonyl (C=O) groups excluding carboxylic acids is 1. The summed E-state index contributed by atoms with van der Waals surface area (Å²) in [7, 11) is -4.36. The minimum absolute atomic E-state index is 0.0315. The highest BCUT2D eigenvalue weighted by Gasteiger charge is 2.42. The van der Waals surface area contributed by atoms with Crippen LogP contribution in [0.25, 0.3) is 0 Å². The molecule has 4 aromatic carbocycles. The molecule has 0 atom stereocenters. The Morgan fingerprint density at radius 2 is 1.20 bits per heavy atom. The van der Waals surface area contributed by atoms with Gasteiger partial charge in [0.1, 0.15) is 18.1 Å². The van der Waals surface area contributed by atoms with Gasteiger partial charge in [-0.05, 0) is 47.5 Å². The summed E-state index contributed by atoms with van der Waals surface area (Å²) in [4.78, 5) is 26.4. The summed E-state index contributed by atoms with van der Waals surface area (Å²) in [6.45, 7) is -0.178. The number of para-hydroxylation sites is 2. The van der Waals surface area contributed by atoms with Gasteiger partial charge in [-0.1, -0.05) is 78.9 Å². The van der Waals surface area contributed by atoms with Crippen molar-refractivity contribution < 1.29 is 46.2 Å². The van der Waals surface area contributed by atoms with Gasteiger partial charge in [-0.3, -0.25) is 0 Å². The number of hydrogen-bond donors (Lipinski definition) is 3. The van der Waals surface area contributed by atoms with E-state index in [4.69, 9.17) is 35.2 Å². The topological polar surface area (TPSA) is 167 Å². The first-order valence-electron chi connectivity index (χ1n) is 12.9. The average Bonchev–Trinajstić information content (AvgIpc) is 3.00. The largest absolute Gasteiger partial charge is 0.549 e. The minimum Gasteiger partial charge on any atom is -0.475 e. The molecule has 0 radical (unpaired) electrons. The summed E-state index contributed by atoms with van der Waals surface area (Å²) < 4.78 is 64.5. The van der Waals surface area contributed by atoms with Gasteiger partial charge in [0.25, 0.3) is 0 Å². The van der Waals surface area contributed by atoms with Gasteiger partial charge in [0.05, 0.1) is 12.2 Å². The summed E-state index contributed by atoms with van der Waals surface area (Å²) in [6.07, 6.45) is -5.96. The molecule has 0 fully saturated rings. The highest BCUT2D eigenvalue weighted by Crippen LogP contribution is 2.53. The van der Waals surface area contributed by atoms with Gasteiger partial charge in [-0.2, -0.15) is 17.8 Å². The van der Waals surface area contributed by atoms with Gasteiger partial charge in [-0.15, -0.1) is 0 Å². The fourth-order valence-electron chi connectivity index (χ4n) is 3.39. The number of nitrogens with zero attached hydrogens (tertiary/aromatic N) is 2. The molecule has 0 unspecified atom stereocenters. The molecule has 0 spiro atoms. The number of carbonyl (C=O) groups is 2. The molecule has 11 nitrogen and oxygen atoms in total. The van der Waals surface area contributed by atoms with E-state index in [0.29, 0.717) is 11.3 Å². The van der Waals surface area contributed by atoms with Crippen molar-refractivity contribution in [1.82, 2.24) is 4.67 Å². The first-order valence-corrected chi connectivity index (χ1v) is 14.4. The second kappa shape index (κ2) is 15.8. The highest BCUT2D eigenvalue weighted by molar-refractivity contribution is 7.52. The van der Waals surface area contributed by atoms with Crippen LogP contribution >= 0.6 is 7.75 Å². The van der Waals surface area contributed by atoms with E-state index in [1.807, 2.05) is 30.3 Å². The summed E-state index contributed by atoms with van der Waals surface area (Å²) in [5.41, 5.74) is 12.8. The molecule has 0 heterocycles. The Labute approximate surface area is 256 Å². The van der Waals surface area contributed by atoms with Crippen molar-refractivity contribution >= 4 is 31.5 Å². The Morgan fingerprint density at radius 3 is 1.62 bits per heavy atom. The number of rotatable bonds is 10. The zero-order valence-corrected chi connectivity index (χ0v) is 24.3. The van der Waals surface area contributed by atoms with Crippen molar-refractivity contribution in [3.05, 3.63) is 126 Å². The fourth-order valence-corrected chi connectivity index (χ4v) is 4.99. The second-order valence-corrected chi connectivity index (χ2v) is 10.7. The predicted octanol–water partition coefficient (Wildman–Crippen LogP) is 6.63. The number of ether oxygens (including phenoxy) is 1. The Kier molecular flexibility index (Phi) is 12.0. The van der Waals surface area contributed by atoms with Crippen LogP contribution in [0.15, 0.2) is 120 Å². The fraction of sp³-hybridized carbons (Fsp3) is 0.100. The maximum atomic E-state index is 14.4. The van der Waals surface area contributed by atoms with Crippen molar-refractivity contribution in [3.63, 3.8) is 0 Å². The summed E-state index contributed by atoms with van der Waals surface area (Å²) in [6, 6.07) is 32.9. The van der Waals surface area contributed by atoms with Crippen molar-refractivity contribution in [2.45, 2.75) is 19.3 Å². The molecule has 236 valence electrons. The lowest BCUT2D eigenvalue weighted by Gasteiger charge is -2.29. The van der Waals surface area contributed by atoms with Gasteiger partial charge in [-0.25, -0.2) is 19.1 Å². The van der Waals surface area contributed by atoms with E-state index in [1.54, 1.807) is 84.9 Å². The van der Waals surface area contributed by atoms with Crippen LogP contribution in [-0.4, -0.2) is 34.0 Å². The number of hydrogen-bond acceptors (Lipinski definition) is 7. The monoisotopic (exact) mass is 644 g/mol. The van der Waals surface area contributed by atoms with Crippen LogP contribution < -0.4 is 20.5 Å². The number of aliphatic imine (C=N–C) groups is 1. The number of guanidine groups is 1. The Hall–Kier alpha value is -5.49. The Balaban J connectivity index is 0.000000707. The predicted molar refractivity (Wildman–Crippen MR) is 160 cm³/mol. The SMILES string of the molecule is NC(N)=Nc1ccc(CN(C(=O)OCc2ccccc2)P(=O)(Oc2ccccc2)Oc2ccccc2)cc1.O=C(O)C(F)(F)F. The quantitative estimate of drug-likeness (QED) is 0.0975. The van der Waals surface area contributed by atoms with Crippen molar-refractivity contribution in [2.24, 2.45) is 16.5 Å². The van der Waals surface area contributed by atoms with E-state index in [1.165, 1.54) is 0 Å². The van der Waals surface area contributed by atoms with Gasteiger partial charge in [0.2, 0.25) is 0 Å². The van der Waals surface area contributed by atoms with E-state index >= 15 is 0 Å². The molecule has 0 saturated heterocycles. The normalized spacial score (nSPS) is 10.8. The first-order chi connectivity index (χ1) is 21.4. The van der Waals surface area contributed by atoms with Crippen molar-refractivity contribution in [2.75, 3.05) is 0 Å². The number of amides is 1. The molecule has 0 saturated carbocycles. The van der Waals surface area contributed by atoms with Gasteiger partial charge < -0.3 is 30.4 Å². The number of halogens is 3. The van der Waals surface area contributed by atoms with E-state index < -0.39 is 26.0 Å². The van der Waals surface area contributed by atoms with Crippen LogP contribution in [0.3, 0.4) is 0 Å². The van der Waals surface area contributed by atoms with Crippen molar-refractivity contribution in [3.8, 4) is 11.5 Å². The smallest absolute Gasteiger partial charge is 0.475 e. The molecule has 0 aliphatic rings. The standard InChI is InChI=1S/C28H27N4O5P.C2HF3O2/c29-27(30)31-24-18-16-22(17-19-24)20-32(28(33)35-21-23-10-4-1-5-11-23)38(34,36-25-12-6-2-7-13-25)37-26-14-8-3-9-15-26;3-2(4,5)1(6)7/h1-19H,20-21H2,(H4,29,30,31);(H,6,7). The molecular formula is C30H28F3N4O7P. The maximum Gasteiger partial charge on any atom is 0.549 e. The number of benzene rings is 4. The Bertz CT molecular complexity index is 1560. The summed E-state index contributed by atoms with van der Waals surface area (Å²) in [5, 5.41) is 7.12. The van der Waals surface area contributed by atoms with Gasteiger partial charge in [0.15, 0.2) is 5.96 Å². The molecule has 1 amide bonds. The number of nitrogens with two attached hydrogens (primary N) is 2. The number of carboxylic acid groups (broad SMARTS) is 1. The number of carboxylic acids is 1. The minimum atomic E-state index is -5.08. The van der Waals surface area contributed by atoms with E-state index in [2.05, 4.69) is 4.99 Å². The molecule has 0 aromatic heterocycles. The third-order valence-electron chi connectivity index (χ3n) is 5.41. The van der Waals surface area contributed by atoms with Gasteiger partial charge in [0, 0.05) is 0 Å². The van der Waals surface area contributed by atoms with E-state index in [9.17, 15) is 22.5 Å². The highest BCUT2D eigenvalue weighted by atomic mass is 31.2. The first kappa shape index (κ1) is 34.0. The zero-order chi connectivity index (χ0) is 32.9. The lowest BCUT2D eigenvalue weighted by molar-refractivity contribution is -0.192. The number of aliphatic carboxylic acids is 1. The molecule has 45 heavy (non-hydrogen) atoms. The van der Waals surface area contributed by atoms with Crippen LogP contribution in [0.4, 0.5) is 23.7 Å². The second-order valence-electron chi connectivity index (χ2n) is 8.88. The van der Waals surface area contributed by atoms with E-state index in [0.717, 1.165) is 10.2 Å². The molecule has 15 heteroatoms. The lowest BCUT2D eigenvalue weighted by Crippen LogP contribution is -2.32. The molecule has 4 aromatic rings. The van der Waals surface area contributed by atoms with E-state index in [-0.39, 0.29) is 30.6 Å². The summed E-state index contributed by atoms with van der Waals surface area (Å²) >= 11 is 0. The summed E-state index contributed by atoms with van der Waals surface area (Å²) in [5.74, 6) is -2.32.